The maximum absolute atomic E-state index is 11.3. The van der Waals surface area contributed by atoms with Gasteiger partial charge in [-0.05, 0) is 36.8 Å². The van der Waals surface area contributed by atoms with Crippen LogP contribution in [0.5, 0.6) is 0 Å². The predicted molar refractivity (Wildman–Crippen MR) is 76.2 cm³/mol. The van der Waals surface area contributed by atoms with Crippen LogP contribution >= 0.6 is 0 Å². The van der Waals surface area contributed by atoms with E-state index in [4.69, 9.17) is 0 Å². The SMILES string of the molecule is COC(=O)c1ccc(/C=N/c2ccc(C)cc2)cc1. The average molecular weight is 253 g/mol. The highest BCUT2D eigenvalue weighted by atomic mass is 16.5. The Hall–Kier alpha value is -2.42. The Morgan fingerprint density at radius 2 is 1.68 bits per heavy atom. The first-order valence-electron chi connectivity index (χ1n) is 5.98. The number of carbonyl (C=O) groups excluding carboxylic acids is 1. The van der Waals surface area contributed by atoms with Crippen LogP contribution in [0.25, 0.3) is 0 Å². The molecule has 96 valence electrons. The molecule has 2 aromatic carbocycles. The number of aryl methyl sites for hydroxylation is 1. The Morgan fingerprint density at radius 1 is 1.05 bits per heavy atom. The van der Waals surface area contributed by atoms with Gasteiger partial charge in [0, 0.05) is 6.21 Å². The monoisotopic (exact) mass is 253 g/mol. The molecule has 0 fully saturated rings. The van der Waals surface area contributed by atoms with Gasteiger partial charge < -0.3 is 4.74 Å². The largest absolute Gasteiger partial charge is 0.465 e. The van der Waals surface area contributed by atoms with Crippen LogP contribution in [-0.2, 0) is 4.74 Å². The van der Waals surface area contributed by atoms with E-state index in [0.717, 1.165) is 11.3 Å². The summed E-state index contributed by atoms with van der Waals surface area (Å²) in [6, 6.07) is 15.1. The maximum atomic E-state index is 11.3. The van der Waals surface area contributed by atoms with Crippen LogP contribution < -0.4 is 0 Å². The topological polar surface area (TPSA) is 38.7 Å². The van der Waals surface area contributed by atoms with Crippen molar-refractivity contribution in [1.29, 1.82) is 0 Å². The zero-order valence-electron chi connectivity index (χ0n) is 11.0. The minimum atomic E-state index is -0.331. The first-order chi connectivity index (χ1) is 9.19. The molecule has 0 aliphatic heterocycles. The summed E-state index contributed by atoms with van der Waals surface area (Å²) in [5.74, 6) is -0.331. The van der Waals surface area contributed by atoms with Gasteiger partial charge in [0.15, 0.2) is 0 Å². The lowest BCUT2D eigenvalue weighted by Gasteiger charge is -1.99. The number of rotatable bonds is 3. The lowest BCUT2D eigenvalue weighted by Crippen LogP contribution is -2.00. The summed E-state index contributed by atoms with van der Waals surface area (Å²) in [7, 11) is 1.37. The van der Waals surface area contributed by atoms with Gasteiger partial charge in [-0.1, -0.05) is 29.8 Å². The van der Waals surface area contributed by atoms with E-state index in [1.165, 1.54) is 12.7 Å². The van der Waals surface area contributed by atoms with Crippen molar-refractivity contribution in [1.82, 2.24) is 0 Å². The third-order valence-electron chi connectivity index (χ3n) is 2.73. The van der Waals surface area contributed by atoms with Gasteiger partial charge in [-0.25, -0.2) is 4.79 Å². The molecule has 3 heteroatoms. The second kappa shape index (κ2) is 5.96. The van der Waals surface area contributed by atoms with Crippen LogP contribution in [0.2, 0.25) is 0 Å². The molecule has 0 atom stereocenters. The van der Waals surface area contributed by atoms with E-state index in [0.29, 0.717) is 5.56 Å². The minimum absolute atomic E-state index is 0.331. The molecule has 0 heterocycles. The van der Waals surface area contributed by atoms with Crippen LogP contribution in [0.4, 0.5) is 5.69 Å². The molecule has 0 spiro atoms. The molecule has 0 saturated heterocycles. The Kier molecular flexibility index (Phi) is 4.08. The van der Waals surface area contributed by atoms with E-state index in [2.05, 4.69) is 9.73 Å². The molecule has 3 nitrogen and oxygen atoms in total. The van der Waals surface area contributed by atoms with Crippen molar-refractivity contribution in [2.75, 3.05) is 7.11 Å². The molecular formula is C16H15NO2. The van der Waals surface area contributed by atoms with E-state index in [9.17, 15) is 4.79 Å². The Bertz CT molecular complexity index is 583. The molecule has 0 amide bonds. The molecule has 0 bridgehead atoms. The molecule has 0 radical (unpaired) electrons. The molecule has 19 heavy (non-hydrogen) atoms. The zero-order chi connectivity index (χ0) is 13.7. The summed E-state index contributed by atoms with van der Waals surface area (Å²) < 4.78 is 4.64. The van der Waals surface area contributed by atoms with Crippen LogP contribution in [-0.4, -0.2) is 19.3 Å². The van der Waals surface area contributed by atoms with Gasteiger partial charge in [-0.2, -0.15) is 0 Å². The van der Waals surface area contributed by atoms with E-state index >= 15 is 0 Å². The lowest BCUT2D eigenvalue weighted by atomic mass is 10.1. The highest BCUT2D eigenvalue weighted by molar-refractivity contribution is 5.90. The van der Waals surface area contributed by atoms with Gasteiger partial charge in [0.2, 0.25) is 0 Å². The third-order valence-corrected chi connectivity index (χ3v) is 2.73. The number of aliphatic imine (C=N–C) groups is 1. The van der Waals surface area contributed by atoms with Gasteiger partial charge in [0.25, 0.3) is 0 Å². The van der Waals surface area contributed by atoms with Gasteiger partial charge in [-0.15, -0.1) is 0 Å². The molecule has 0 aliphatic carbocycles. The summed E-state index contributed by atoms with van der Waals surface area (Å²) in [6.45, 7) is 2.04. The fourth-order valence-corrected chi connectivity index (χ4v) is 1.60. The fourth-order valence-electron chi connectivity index (χ4n) is 1.60. The number of methoxy groups -OCH3 is 1. The molecular weight excluding hydrogens is 238 g/mol. The zero-order valence-corrected chi connectivity index (χ0v) is 11.0. The number of hydrogen-bond donors (Lipinski definition) is 0. The minimum Gasteiger partial charge on any atom is -0.465 e. The average Bonchev–Trinajstić information content (AvgIpc) is 2.46. The number of nitrogens with zero attached hydrogens (tertiary/aromatic N) is 1. The van der Waals surface area contributed by atoms with Gasteiger partial charge >= 0.3 is 5.97 Å². The number of benzene rings is 2. The molecule has 2 rings (SSSR count). The Morgan fingerprint density at radius 3 is 2.26 bits per heavy atom. The second-order valence-electron chi connectivity index (χ2n) is 4.21. The van der Waals surface area contributed by atoms with Crippen LogP contribution in [0.3, 0.4) is 0 Å². The number of ether oxygens (including phenoxy) is 1. The summed E-state index contributed by atoms with van der Waals surface area (Å²) in [5.41, 5.74) is 3.59. The molecule has 0 unspecified atom stereocenters. The third kappa shape index (κ3) is 3.52. The normalized spacial score (nSPS) is 10.6. The van der Waals surface area contributed by atoms with Crippen molar-refractivity contribution in [3.63, 3.8) is 0 Å². The first-order valence-corrected chi connectivity index (χ1v) is 5.98. The molecule has 0 aromatic heterocycles. The maximum Gasteiger partial charge on any atom is 0.337 e. The smallest absolute Gasteiger partial charge is 0.337 e. The summed E-state index contributed by atoms with van der Waals surface area (Å²) in [4.78, 5) is 15.7. The lowest BCUT2D eigenvalue weighted by molar-refractivity contribution is 0.0601. The Balaban J connectivity index is 2.11. The van der Waals surface area contributed by atoms with Crippen LogP contribution in [0, 0.1) is 6.92 Å². The fraction of sp³-hybridized carbons (Fsp3) is 0.125. The van der Waals surface area contributed by atoms with Crippen molar-refractivity contribution < 1.29 is 9.53 Å². The molecule has 0 aliphatic rings. The summed E-state index contributed by atoms with van der Waals surface area (Å²) in [5, 5.41) is 0. The van der Waals surface area contributed by atoms with Crippen molar-refractivity contribution in [3.8, 4) is 0 Å². The molecule has 0 saturated carbocycles. The van der Waals surface area contributed by atoms with Gasteiger partial charge in [-0.3, -0.25) is 4.99 Å². The van der Waals surface area contributed by atoms with Gasteiger partial charge in [0.05, 0.1) is 18.4 Å². The molecule has 0 N–H and O–H groups in total. The number of carbonyl (C=O) groups is 1. The predicted octanol–water partition coefficient (Wildman–Crippen LogP) is 3.53. The highest BCUT2D eigenvalue weighted by Crippen LogP contribution is 2.12. The van der Waals surface area contributed by atoms with Crippen molar-refractivity contribution in [3.05, 3.63) is 65.2 Å². The highest BCUT2D eigenvalue weighted by Gasteiger charge is 2.03. The van der Waals surface area contributed by atoms with Crippen LogP contribution in [0.15, 0.2) is 53.5 Å². The summed E-state index contributed by atoms with van der Waals surface area (Å²) in [6.07, 6.45) is 1.77. The second-order valence-corrected chi connectivity index (χ2v) is 4.21. The van der Waals surface area contributed by atoms with E-state index in [-0.39, 0.29) is 5.97 Å². The van der Waals surface area contributed by atoms with E-state index in [1.54, 1.807) is 18.3 Å². The number of esters is 1. The van der Waals surface area contributed by atoms with Crippen LogP contribution in [0.1, 0.15) is 21.5 Å². The summed E-state index contributed by atoms with van der Waals surface area (Å²) >= 11 is 0. The van der Waals surface area contributed by atoms with Gasteiger partial charge in [0.1, 0.15) is 0 Å². The van der Waals surface area contributed by atoms with Crippen molar-refractivity contribution in [2.45, 2.75) is 6.92 Å². The number of hydrogen-bond acceptors (Lipinski definition) is 3. The quantitative estimate of drug-likeness (QED) is 0.620. The van der Waals surface area contributed by atoms with Crippen molar-refractivity contribution >= 4 is 17.9 Å². The molecule has 2 aromatic rings. The van der Waals surface area contributed by atoms with Crippen molar-refractivity contribution in [2.24, 2.45) is 4.99 Å². The Labute approximate surface area is 112 Å². The van der Waals surface area contributed by atoms with E-state index in [1.807, 2.05) is 43.3 Å². The van der Waals surface area contributed by atoms with E-state index < -0.39 is 0 Å². The first kappa shape index (κ1) is 13.0. The standard InChI is InChI=1S/C16H15NO2/c1-12-3-9-15(10-4-12)17-11-13-5-7-14(8-6-13)16(18)19-2/h3-11H,1-2H3/b17-11+.